The van der Waals surface area contributed by atoms with Gasteiger partial charge in [0.25, 0.3) is 0 Å². The van der Waals surface area contributed by atoms with Crippen molar-refractivity contribution < 1.29 is 0 Å². The van der Waals surface area contributed by atoms with E-state index in [9.17, 15) is 0 Å². The predicted molar refractivity (Wildman–Crippen MR) is 69.0 cm³/mol. The van der Waals surface area contributed by atoms with Crippen molar-refractivity contribution >= 4 is 0 Å². The molecule has 0 spiro atoms. The number of aryl methyl sites for hydroxylation is 1. The van der Waals surface area contributed by atoms with Crippen molar-refractivity contribution in [3.8, 4) is 0 Å². The topological polar surface area (TPSA) is 17.0 Å². The van der Waals surface area contributed by atoms with Crippen LogP contribution in [0.4, 0.5) is 0 Å². The van der Waals surface area contributed by atoms with Gasteiger partial charge >= 0.3 is 0 Å². The van der Waals surface area contributed by atoms with Gasteiger partial charge in [-0.15, -0.1) is 0 Å². The van der Waals surface area contributed by atoms with Gasteiger partial charge in [-0.05, 0) is 51.3 Å². The molecule has 2 heteroatoms. The number of hydrogen-bond donors (Lipinski definition) is 1. The van der Waals surface area contributed by atoms with E-state index in [2.05, 4.69) is 43.6 Å². The Morgan fingerprint density at radius 2 is 2.06 bits per heavy atom. The van der Waals surface area contributed by atoms with Crippen LogP contribution in [0.25, 0.3) is 0 Å². The lowest BCUT2D eigenvalue weighted by Gasteiger charge is -2.09. The normalized spacial score (nSPS) is 16.1. The van der Waals surface area contributed by atoms with E-state index in [1.54, 1.807) is 0 Å². The molecule has 1 aromatic rings. The molecule has 0 aromatic carbocycles. The number of nitrogens with one attached hydrogen (secondary N) is 1. The monoisotopic (exact) mass is 220 g/mol. The van der Waals surface area contributed by atoms with E-state index in [1.165, 1.54) is 29.8 Å². The summed E-state index contributed by atoms with van der Waals surface area (Å²) in [6.07, 6.45) is 3.91. The summed E-state index contributed by atoms with van der Waals surface area (Å²) in [5, 5.41) is 3.49. The van der Waals surface area contributed by atoms with Gasteiger partial charge in [0.2, 0.25) is 0 Å². The summed E-state index contributed by atoms with van der Waals surface area (Å²) >= 11 is 0. The molecule has 1 saturated carbocycles. The van der Waals surface area contributed by atoms with Crippen molar-refractivity contribution in [2.45, 2.75) is 59.0 Å². The van der Waals surface area contributed by atoms with Gasteiger partial charge in [0.1, 0.15) is 0 Å². The molecule has 0 saturated heterocycles. The molecule has 0 atom stereocenters. The summed E-state index contributed by atoms with van der Waals surface area (Å²) in [4.78, 5) is 0. The SMILES string of the molecule is Cc1cc(CCNC(C)C)c(C)n1C1CC1. The third-order valence-electron chi connectivity index (χ3n) is 3.45. The summed E-state index contributed by atoms with van der Waals surface area (Å²) in [6.45, 7) is 10.0. The lowest BCUT2D eigenvalue weighted by Crippen LogP contribution is -2.25. The molecular formula is C14H24N2. The lowest BCUT2D eigenvalue weighted by atomic mass is 10.2. The molecule has 90 valence electrons. The summed E-state index contributed by atoms with van der Waals surface area (Å²) < 4.78 is 2.53. The van der Waals surface area contributed by atoms with Gasteiger partial charge in [-0.1, -0.05) is 13.8 Å². The van der Waals surface area contributed by atoms with Crippen molar-refractivity contribution in [3.05, 3.63) is 23.0 Å². The third-order valence-corrected chi connectivity index (χ3v) is 3.45. The zero-order valence-electron chi connectivity index (χ0n) is 11.0. The Kier molecular flexibility index (Phi) is 3.38. The molecule has 0 bridgehead atoms. The number of hydrogen-bond acceptors (Lipinski definition) is 1. The minimum atomic E-state index is 0.590. The molecule has 2 nitrogen and oxygen atoms in total. The van der Waals surface area contributed by atoms with Crippen LogP contribution in [0.1, 0.15) is 49.7 Å². The number of nitrogens with zero attached hydrogens (tertiary/aromatic N) is 1. The summed E-state index contributed by atoms with van der Waals surface area (Å²) in [6, 6.07) is 3.77. The molecular weight excluding hydrogens is 196 g/mol. The first-order valence-corrected chi connectivity index (χ1v) is 6.50. The molecule has 1 N–H and O–H groups in total. The van der Waals surface area contributed by atoms with E-state index >= 15 is 0 Å². The van der Waals surface area contributed by atoms with E-state index in [0.29, 0.717) is 6.04 Å². The minimum Gasteiger partial charge on any atom is -0.346 e. The molecule has 1 fully saturated rings. The van der Waals surface area contributed by atoms with Crippen LogP contribution in [0.3, 0.4) is 0 Å². The van der Waals surface area contributed by atoms with Gasteiger partial charge in [0.05, 0.1) is 0 Å². The molecule has 1 aliphatic rings. The van der Waals surface area contributed by atoms with Crippen molar-refractivity contribution in [1.29, 1.82) is 0 Å². The zero-order chi connectivity index (χ0) is 11.7. The Morgan fingerprint density at radius 3 is 2.62 bits per heavy atom. The second-order valence-corrected chi connectivity index (χ2v) is 5.36. The fourth-order valence-corrected chi connectivity index (χ4v) is 2.49. The Morgan fingerprint density at radius 1 is 1.38 bits per heavy atom. The average molecular weight is 220 g/mol. The van der Waals surface area contributed by atoms with Gasteiger partial charge in [0.15, 0.2) is 0 Å². The van der Waals surface area contributed by atoms with Crippen molar-refractivity contribution in [2.24, 2.45) is 0 Å². The average Bonchev–Trinajstić information content (AvgIpc) is 2.96. The molecule has 1 aromatic heterocycles. The second kappa shape index (κ2) is 4.62. The molecule has 0 amide bonds. The van der Waals surface area contributed by atoms with Crippen molar-refractivity contribution in [3.63, 3.8) is 0 Å². The highest BCUT2D eigenvalue weighted by atomic mass is 15.1. The van der Waals surface area contributed by atoms with Crippen LogP contribution in [0.2, 0.25) is 0 Å². The van der Waals surface area contributed by atoms with Crippen LogP contribution in [0.15, 0.2) is 6.07 Å². The number of rotatable bonds is 5. The standard InChI is InChI=1S/C14H24N2/c1-10(2)15-8-7-13-9-11(3)16(12(13)4)14-5-6-14/h9-10,14-15H,5-8H2,1-4H3. The zero-order valence-corrected chi connectivity index (χ0v) is 11.0. The maximum atomic E-state index is 3.49. The first kappa shape index (κ1) is 11.7. The Bertz CT molecular complexity index is 359. The Labute approximate surface area is 99.0 Å². The van der Waals surface area contributed by atoms with Crippen molar-refractivity contribution in [1.82, 2.24) is 9.88 Å². The third kappa shape index (κ3) is 2.49. The largest absolute Gasteiger partial charge is 0.346 e. The van der Waals surface area contributed by atoms with Crippen LogP contribution in [-0.2, 0) is 6.42 Å². The Balaban J connectivity index is 2.01. The smallest absolute Gasteiger partial charge is 0.0337 e. The summed E-state index contributed by atoms with van der Waals surface area (Å²) in [5.74, 6) is 0. The van der Waals surface area contributed by atoms with Crippen LogP contribution in [-0.4, -0.2) is 17.2 Å². The van der Waals surface area contributed by atoms with Crippen LogP contribution < -0.4 is 5.32 Å². The van der Waals surface area contributed by atoms with Crippen LogP contribution in [0.5, 0.6) is 0 Å². The maximum Gasteiger partial charge on any atom is 0.0337 e. The quantitative estimate of drug-likeness (QED) is 0.807. The highest BCUT2D eigenvalue weighted by Gasteiger charge is 2.26. The Hall–Kier alpha value is -0.760. The first-order chi connectivity index (χ1) is 7.59. The van der Waals surface area contributed by atoms with Gasteiger partial charge in [0, 0.05) is 23.5 Å². The summed E-state index contributed by atoms with van der Waals surface area (Å²) in [5.41, 5.74) is 4.46. The van der Waals surface area contributed by atoms with Gasteiger partial charge < -0.3 is 9.88 Å². The molecule has 0 radical (unpaired) electrons. The van der Waals surface area contributed by atoms with Crippen LogP contribution >= 0.6 is 0 Å². The minimum absolute atomic E-state index is 0.590. The van der Waals surface area contributed by atoms with E-state index in [1.807, 2.05) is 0 Å². The van der Waals surface area contributed by atoms with E-state index in [-0.39, 0.29) is 0 Å². The van der Waals surface area contributed by atoms with E-state index in [0.717, 1.165) is 19.0 Å². The molecule has 1 aliphatic carbocycles. The van der Waals surface area contributed by atoms with E-state index in [4.69, 9.17) is 0 Å². The fourth-order valence-electron chi connectivity index (χ4n) is 2.49. The highest BCUT2D eigenvalue weighted by molar-refractivity contribution is 5.28. The molecule has 1 heterocycles. The second-order valence-electron chi connectivity index (χ2n) is 5.36. The van der Waals surface area contributed by atoms with E-state index < -0.39 is 0 Å². The predicted octanol–water partition coefficient (Wildman–Crippen LogP) is 2.98. The van der Waals surface area contributed by atoms with Gasteiger partial charge in [-0.3, -0.25) is 0 Å². The molecule has 0 aliphatic heterocycles. The first-order valence-electron chi connectivity index (χ1n) is 6.50. The summed E-state index contributed by atoms with van der Waals surface area (Å²) in [7, 11) is 0. The fraction of sp³-hybridized carbons (Fsp3) is 0.714. The highest BCUT2D eigenvalue weighted by Crippen LogP contribution is 2.38. The number of aromatic nitrogens is 1. The molecule has 0 unspecified atom stereocenters. The molecule has 16 heavy (non-hydrogen) atoms. The van der Waals surface area contributed by atoms with Gasteiger partial charge in [-0.25, -0.2) is 0 Å². The maximum absolute atomic E-state index is 3.49. The van der Waals surface area contributed by atoms with Crippen molar-refractivity contribution in [2.75, 3.05) is 6.54 Å². The van der Waals surface area contributed by atoms with Crippen LogP contribution in [0, 0.1) is 13.8 Å². The lowest BCUT2D eigenvalue weighted by molar-refractivity contribution is 0.588. The van der Waals surface area contributed by atoms with Gasteiger partial charge in [-0.2, -0.15) is 0 Å². The molecule has 2 rings (SSSR count).